The molecule has 0 aliphatic carbocycles. The molecule has 1 aromatic heterocycles. The smallest absolute Gasteiger partial charge is 0.267 e. The first kappa shape index (κ1) is 18.1. The highest BCUT2D eigenvalue weighted by atomic mass is 16.5. The van der Waals surface area contributed by atoms with Crippen molar-refractivity contribution in [3.8, 4) is 11.4 Å². The van der Waals surface area contributed by atoms with E-state index in [4.69, 9.17) is 10.2 Å². The van der Waals surface area contributed by atoms with Gasteiger partial charge in [-0.1, -0.05) is 30.3 Å². The summed E-state index contributed by atoms with van der Waals surface area (Å²) in [7, 11) is 0. The van der Waals surface area contributed by atoms with Crippen LogP contribution in [0.1, 0.15) is 31.0 Å². The largest absolute Gasteiger partial charge is 0.307 e. The van der Waals surface area contributed by atoms with Crippen molar-refractivity contribution >= 4 is 23.0 Å². The minimum Gasteiger partial charge on any atom is -0.307 e. The molecule has 2 N–H and O–H groups in total. The van der Waals surface area contributed by atoms with E-state index in [-0.39, 0.29) is 0 Å². The van der Waals surface area contributed by atoms with Crippen LogP contribution in [-0.2, 0) is 4.79 Å². The van der Waals surface area contributed by atoms with E-state index in [1.807, 2.05) is 24.3 Å². The molecule has 1 amide bonds. The van der Waals surface area contributed by atoms with Crippen molar-refractivity contribution in [2.24, 2.45) is 5.92 Å². The molecule has 1 atom stereocenters. The maximum atomic E-state index is 11.3. The van der Waals surface area contributed by atoms with Gasteiger partial charge in [0.15, 0.2) is 0 Å². The van der Waals surface area contributed by atoms with E-state index >= 15 is 0 Å². The fourth-order valence-electron chi connectivity index (χ4n) is 4.74. The van der Waals surface area contributed by atoms with Gasteiger partial charge in [0.25, 0.3) is 5.91 Å². The van der Waals surface area contributed by atoms with Gasteiger partial charge in [-0.2, -0.15) is 0 Å². The van der Waals surface area contributed by atoms with Crippen LogP contribution in [0.5, 0.6) is 0 Å². The van der Waals surface area contributed by atoms with Gasteiger partial charge in [0.05, 0.1) is 17.2 Å². The van der Waals surface area contributed by atoms with Crippen molar-refractivity contribution < 1.29 is 10.0 Å². The molecule has 3 fully saturated rings. The average molecular weight is 388 g/mol. The number of fused-ring (bicyclic) bond motifs is 4. The highest BCUT2D eigenvalue weighted by Crippen LogP contribution is 2.41. The molecule has 6 heteroatoms. The van der Waals surface area contributed by atoms with Crippen molar-refractivity contribution in [2.75, 3.05) is 13.1 Å². The predicted molar refractivity (Wildman–Crippen MR) is 112 cm³/mol. The zero-order chi connectivity index (χ0) is 19.8. The molecule has 1 unspecified atom stereocenters. The Labute approximate surface area is 169 Å². The number of para-hydroxylation sites is 2. The van der Waals surface area contributed by atoms with Crippen molar-refractivity contribution in [2.45, 2.75) is 25.4 Å². The number of hydrogen-bond donors (Lipinski definition) is 2. The molecular weight excluding hydrogens is 364 g/mol. The lowest BCUT2D eigenvalue weighted by molar-refractivity contribution is -0.124. The number of carbonyl (C=O) groups excluding carboxylic acids is 1. The Hall–Kier alpha value is -2.96. The van der Waals surface area contributed by atoms with Gasteiger partial charge in [-0.25, -0.2) is 10.5 Å². The Morgan fingerprint density at radius 1 is 1.14 bits per heavy atom. The Bertz CT molecular complexity index is 1080. The summed E-state index contributed by atoms with van der Waals surface area (Å²) >= 11 is 0. The first-order chi connectivity index (χ1) is 14.2. The average Bonchev–Trinajstić information content (AvgIpc) is 3.18. The monoisotopic (exact) mass is 388 g/mol. The highest BCUT2D eigenvalue weighted by Gasteiger charge is 2.36. The molecule has 2 bridgehead atoms. The number of carbonyl (C=O) groups is 1. The number of hydroxylamine groups is 1. The molecule has 3 saturated heterocycles. The molecule has 3 aromatic rings. The SMILES string of the molecule is O=C(C=Cc1cccc(-c2nc3ccccc3n2C2CC3CCN2CC3)c1)NO. The van der Waals surface area contributed by atoms with Gasteiger partial charge in [0.2, 0.25) is 0 Å². The molecule has 6 nitrogen and oxygen atoms in total. The first-order valence-electron chi connectivity index (χ1n) is 10.2. The number of nitrogens with one attached hydrogen (secondary N) is 1. The van der Waals surface area contributed by atoms with Gasteiger partial charge < -0.3 is 4.57 Å². The number of amides is 1. The van der Waals surface area contributed by atoms with Gasteiger partial charge in [-0.05, 0) is 55.0 Å². The summed E-state index contributed by atoms with van der Waals surface area (Å²) in [6, 6.07) is 16.3. The van der Waals surface area contributed by atoms with Crippen LogP contribution in [0.25, 0.3) is 28.5 Å². The summed E-state index contributed by atoms with van der Waals surface area (Å²) in [5.41, 5.74) is 5.70. The second-order valence-electron chi connectivity index (χ2n) is 7.92. The van der Waals surface area contributed by atoms with E-state index in [9.17, 15) is 4.79 Å². The summed E-state index contributed by atoms with van der Waals surface area (Å²) in [5, 5.41) is 8.69. The molecule has 3 aliphatic rings. The van der Waals surface area contributed by atoms with Crippen LogP contribution >= 0.6 is 0 Å². The van der Waals surface area contributed by atoms with Gasteiger partial charge in [-0.3, -0.25) is 14.9 Å². The summed E-state index contributed by atoms with van der Waals surface area (Å²) in [4.78, 5) is 18.9. The van der Waals surface area contributed by atoms with Crippen LogP contribution in [-0.4, -0.2) is 38.7 Å². The molecule has 29 heavy (non-hydrogen) atoms. The summed E-state index contributed by atoms with van der Waals surface area (Å²) in [6.45, 7) is 2.31. The Balaban J connectivity index is 1.61. The van der Waals surface area contributed by atoms with E-state index in [1.165, 1.54) is 30.9 Å². The van der Waals surface area contributed by atoms with Crippen molar-refractivity contribution in [1.82, 2.24) is 19.9 Å². The quantitative estimate of drug-likeness (QED) is 0.405. The van der Waals surface area contributed by atoms with Crippen LogP contribution in [0.15, 0.2) is 54.6 Å². The van der Waals surface area contributed by atoms with E-state index < -0.39 is 5.91 Å². The molecule has 148 valence electrons. The first-order valence-corrected chi connectivity index (χ1v) is 10.2. The number of benzene rings is 2. The summed E-state index contributed by atoms with van der Waals surface area (Å²) in [6.07, 6.45) is 7.10. The number of rotatable bonds is 4. The van der Waals surface area contributed by atoms with E-state index in [2.05, 4.69) is 33.7 Å². The molecule has 0 saturated carbocycles. The standard InChI is InChI=1S/C23H24N4O2/c28-21(25-29)9-8-16-4-3-5-18(14-16)23-24-19-6-1-2-7-20(19)27(23)22-15-17-10-12-26(22)13-11-17/h1-9,14,17,22,29H,10-13,15H2,(H,25,28). The lowest BCUT2D eigenvalue weighted by atomic mass is 9.86. The number of nitrogens with zero attached hydrogens (tertiary/aromatic N) is 3. The minimum atomic E-state index is -0.548. The van der Waals surface area contributed by atoms with Gasteiger partial charge in [0, 0.05) is 24.7 Å². The molecule has 0 spiro atoms. The van der Waals surface area contributed by atoms with E-state index in [0.717, 1.165) is 41.5 Å². The van der Waals surface area contributed by atoms with Crippen LogP contribution in [0, 0.1) is 5.92 Å². The third-order valence-corrected chi connectivity index (χ3v) is 6.19. The lowest BCUT2D eigenvalue weighted by Gasteiger charge is -2.46. The molecule has 2 aromatic carbocycles. The fourth-order valence-corrected chi connectivity index (χ4v) is 4.74. The molecule has 3 aliphatic heterocycles. The Kier molecular flexibility index (Phi) is 4.66. The summed E-state index contributed by atoms with van der Waals surface area (Å²) in [5.74, 6) is 1.21. The lowest BCUT2D eigenvalue weighted by Crippen LogP contribution is -2.46. The zero-order valence-corrected chi connectivity index (χ0v) is 16.2. The van der Waals surface area contributed by atoms with Crippen LogP contribution in [0.2, 0.25) is 0 Å². The number of hydrogen-bond acceptors (Lipinski definition) is 4. The van der Waals surface area contributed by atoms with E-state index in [1.54, 1.807) is 11.6 Å². The fraction of sp³-hybridized carbons (Fsp3) is 0.304. The van der Waals surface area contributed by atoms with Crippen LogP contribution in [0.3, 0.4) is 0 Å². The highest BCUT2D eigenvalue weighted by molar-refractivity contribution is 5.91. The Morgan fingerprint density at radius 2 is 1.97 bits per heavy atom. The molecular formula is C23H24N4O2. The number of piperidine rings is 3. The number of imidazole rings is 1. The second-order valence-corrected chi connectivity index (χ2v) is 7.92. The minimum absolute atomic E-state index is 0.337. The van der Waals surface area contributed by atoms with Crippen molar-refractivity contribution in [3.05, 3.63) is 60.2 Å². The third-order valence-electron chi connectivity index (χ3n) is 6.19. The van der Waals surface area contributed by atoms with Crippen LogP contribution in [0.4, 0.5) is 0 Å². The normalized spacial score (nSPS) is 23.7. The molecule has 6 rings (SSSR count). The maximum absolute atomic E-state index is 11.3. The van der Waals surface area contributed by atoms with Gasteiger partial charge >= 0.3 is 0 Å². The van der Waals surface area contributed by atoms with Gasteiger partial charge in [0.1, 0.15) is 5.82 Å². The van der Waals surface area contributed by atoms with Crippen molar-refractivity contribution in [1.29, 1.82) is 0 Å². The predicted octanol–water partition coefficient (Wildman–Crippen LogP) is 3.84. The van der Waals surface area contributed by atoms with Gasteiger partial charge in [-0.15, -0.1) is 0 Å². The van der Waals surface area contributed by atoms with Crippen LogP contribution < -0.4 is 5.48 Å². The second kappa shape index (κ2) is 7.46. The topological polar surface area (TPSA) is 70.4 Å². The van der Waals surface area contributed by atoms with Crippen molar-refractivity contribution in [3.63, 3.8) is 0 Å². The Morgan fingerprint density at radius 3 is 2.72 bits per heavy atom. The molecule has 4 heterocycles. The third kappa shape index (κ3) is 3.34. The van der Waals surface area contributed by atoms with E-state index in [0.29, 0.717) is 6.17 Å². The molecule has 0 radical (unpaired) electrons. The zero-order valence-electron chi connectivity index (χ0n) is 16.2. The number of aromatic nitrogens is 2. The summed E-state index contributed by atoms with van der Waals surface area (Å²) < 4.78 is 2.41. The maximum Gasteiger partial charge on any atom is 0.267 e.